The van der Waals surface area contributed by atoms with Crippen molar-refractivity contribution in [2.45, 2.75) is 29.6 Å². The topological polar surface area (TPSA) is 182 Å². The number of thiol groups is 1. The molecular formula is C17H18N6O6S. The van der Waals surface area contributed by atoms with Crippen molar-refractivity contribution in [2.24, 2.45) is 0 Å². The van der Waals surface area contributed by atoms with Gasteiger partial charge in [0, 0.05) is 18.6 Å². The number of nitro groups is 1. The summed E-state index contributed by atoms with van der Waals surface area (Å²) >= 11 is 4.54. The molecule has 0 bridgehead atoms. The third-order valence-electron chi connectivity index (χ3n) is 5.14. The zero-order valence-electron chi connectivity index (χ0n) is 15.4. The van der Waals surface area contributed by atoms with Gasteiger partial charge < -0.3 is 20.7 Å². The summed E-state index contributed by atoms with van der Waals surface area (Å²) in [6.07, 6.45) is -0.685. The zero-order chi connectivity index (χ0) is 21.6. The highest BCUT2D eigenvalue weighted by Gasteiger charge is 2.55. The summed E-state index contributed by atoms with van der Waals surface area (Å²) in [5, 5.41) is 30.3. The Kier molecular flexibility index (Phi) is 4.97. The molecule has 4 rings (SSSR count). The number of aliphatic hydroxyl groups excluding tert-OH is 2. The fourth-order valence-electron chi connectivity index (χ4n) is 3.68. The van der Waals surface area contributed by atoms with Gasteiger partial charge in [0.2, 0.25) is 5.95 Å². The SMILES string of the molecule is Nc1nc2c(ncn2[C@]2(Cc3ccc([N+](=O)[O-])cc3)O[C@H](CO)[C@@H](O)[C@H]2S)c(=O)[nH]1. The maximum absolute atomic E-state index is 12.2. The molecule has 1 aliphatic heterocycles. The molecule has 13 heteroatoms. The second kappa shape index (κ2) is 7.36. The number of aliphatic hydroxyl groups is 2. The van der Waals surface area contributed by atoms with Crippen molar-refractivity contribution in [1.82, 2.24) is 19.5 Å². The lowest BCUT2D eigenvalue weighted by Crippen LogP contribution is -2.44. The van der Waals surface area contributed by atoms with Gasteiger partial charge >= 0.3 is 0 Å². The molecule has 2 aromatic heterocycles. The van der Waals surface area contributed by atoms with E-state index in [2.05, 4.69) is 27.6 Å². The van der Waals surface area contributed by atoms with E-state index in [4.69, 9.17) is 10.5 Å². The molecular weight excluding hydrogens is 416 g/mol. The van der Waals surface area contributed by atoms with Crippen LogP contribution in [0.4, 0.5) is 11.6 Å². The predicted octanol–water partition coefficient (Wildman–Crippen LogP) is -0.444. The summed E-state index contributed by atoms with van der Waals surface area (Å²) in [5.74, 6) is -0.132. The number of non-ortho nitro benzene ring substituents is 1. The van der Waals surface area contributed by atoms with Crippen LogP contribution in [0, 0.1) is 10.1 Å². The van der Waals surface area contributed by atoms with E-state index in [0.29, 0.717) is 5.56 Å². The number of hydrogen-bond acceptors (Lipinski definition) is 10. The molecule has 0 radical (unpaired) electrons. The van der Waals surface area contributed by atoms with Crippen LogP contribution in [0.2, 0.25) is 0 Å². The summed E-state index contributed by atoms with van der Waals surface area (Å²) in [5.41, 5.74) is 4.41. The van der Waals surface area contributed by atoms with Crippen LogP contribution in [-0.4, -0.2) is 58.7 Å². The minimum absolute atomic E-state index is 0.0124. The van der Waals surface area contributed by atoms with Crippen LogP contribution in [0.25, 0.3) is 11.2 Å². The van der Waals surface area contributed by atoms with Crippen LogP contribution >= 0.6 is 12.6 Å². The summed E-state index contributed by atoms with van der Waals surface area (Å²) in [7, 11) is 0. The van der Waals surface area contributed by atoms with Crippen molar-refractivity contribution in [3.63, 3.8) is 0 Å². The monoisotopic (exact) mass is 434 g/mol. The molecule has 4 atom stereocenters. The van der Waals surface area contributed by atoms with Crippen molar-refractivity contribution < 1.29 is 19.9 Å². The first kappa shape index (κ1) is 20.3. The van der Waals surface area contributed by atoms with Crippen molar-refractivity contribution >= 4 is 35.4 Å². The quantitative estimate of drug-likeness (QED) is 0.202. The minimum atomic E-state index is -1.41. The number of nitrogens with zero attached hydrogens (tertiary/aromatic N) is 4. The van der Waals surface area contributed by atoms with E-state index >= 15 is 0 Å². The highest BCUT2D eigenvalue weighted by atomic mass is 32.1. The van der Waals surface area contributed by atoms with Crippen LogP contribution in [0.1, 0.15) is 5.56 Å². The number of anilines is 1. The molecule has 0 spiro atoms. The van der Waals surface area contributed by atoms with E-state index in [1.165, 1.54) is 23.0 Å². The van der Waals surface area contributed by atoms with Gasteiger partial charge in [0.1, 0.15) is 6.10 Å². The number of benzene rings is 1. The molecule has 1 fully saturated rings. The Balaban J connectivity index is 1.87. The standard InChI is InChI=1S/C17H18N6O6S/c18-16-20-14-11(15(26)21-16)19-7-22(14)17(13(30)12(25)10(6-24)29-17)5-8-1-3-9(4-2-8)23(27)28/h1-4,7,10,12-13,24-25,30H,5-6H2,(H3,18,20,21,26)/t10-,12-,13-,17-/m1/s1. The lowest BCUT2D eigenvalue weighted by molar-refractivity contribution is -0.384. The number of nitrogens with two attached hydrogens (primary N) is 1. The molecule has 0 aliphatic carbocycles. The lowest BCUT2D eigenvalue weighted by atomic mass is 9.96. The Morgan fingerprint density at radius 2 is 2.10 bits per heavy atom. The molecule has 0 unspecified atom stereocenters. The van der Waals surface area contributed by atoms with Crippen molar-refractivity contribution in [3.05, 3.63) is 56.6 Å². The maximum Gasteiger partial charge on any atom is 0.280 e. The Morgan fingerprint density at radius 1 is 1.40 bits per heavy atom. The first-order chi connectivity index (χ1) is 14.3. The van der Waals surface area contributed by atoms with Gasteiger partial charge in [-0.05, 0) is 5.56 Å². The third-order valence-corrected chi connectivity index (χ3v) is 5.85. The smallest absolute Gasteiger partial charge is 0.280 e. The number of aromatic amines is 1. The molecule has 0 amide bonds. The number of aromatic nitrogens is 4. The zero-order valence-corrected chi connectivity index (χ0v) is 16.3. The Labute approximate surface area is 173 Å². The average molecular weight is 434 g/mol. The number of rotatable bonds is 5. The Morgan fingerprint density at radius 3 is 2.70 bits per heavy atom. The molecule has 1 aliphatic rings. The average Bonchev–Trinajstić information content (AvgIpc) is 3.24. The van der Waals surface area contributed by atoms with E-state index in [9.17, 15) is 25.1 Å². The number of hydrogen-bond donors (Lipinski definition) is 5. The lowest BCUT2D eigenvalue weighted by Gasteiger charge is -2.34. The molecule has 12 nitrogen and oxygen atoms in total. The van der Waals surface area contributed by atoms with E-state index < -0.39 is 40.3 Å². The molecule has 3 heterocycles. The fourth-order valence-corrected chi connectivity index (χ4v) is 4.15. The van der Waals surface area contributed by atoms with Crippen LogP contribution in [-0.2, 0) is 16.9 Å². The third kappa shape index (κ3) is 3.11. The number of imidazole rings is 1. The fraction of sp³-hybridized carbons (Fsp3) is 0.353. The highest BCUT2D eigenvalue weighted by molar-refractivity contribution is 7.81. The van der Waals surface area contributed by atoms with E-state index in [-0.39, 0.29) is 29.2 Å². The molecule has 1 saturated heterocycles. The van der Waals surface area contributed by atoms with Gasteiger partial charge in [-0.3, -0.25) is 24.5 Å². The largest absolute Gasteiger partial charge is 0.394 e. The van der Waals surface area contributed by atoms with Gasteiger partial charge in [-0.1, -0.05) is 12.1 Å². The summed E-state index contributed by atoms with van der Waals surface area (Å²) < 4.78 is 7.51. The van der Waals surface area contributed by atoms with Gasteiger partial charge in [0.15, 0.2) is 16.9 Å². The number of nitrogens with one attached hydrogen (secondary N) is 1. The van der Waals surface area contributed by atoms with Crippen LogP contribution < -0.4 is 11.3 Å². The van der Waals surface area contributed by atoms with Crippen molar-refractivity contribution in [2.75, 3.05) is 12.3 Å². The van der Waals surface area contributed by atoms with Crippen LogP contribution in [0.5, 0.6) is 0 Å². The molecule has 5 N–H and O–H groups in total. The van der Waals surface area contributed by atoms with Crippen molar-refractivity contribution in [1.29, 1.82) is 0 Å². The number of ether oxygens (including phenoxy) is 1. The van der Waals surface area contributed by atoms with Gasteiger partial charge in [0.25, 0.3) is 11.2 Å². The second-order valence-corrected chi connectivity index (χ2v) is 7.51. The Bertz CT molecular complexity index is 1160. The van der Waals surface area contributed by atoms with Gasteiger partial charge in [0.05, 0.1) is 29.2 Å². The number of fused-ring (bicyclic) bond motifs is 1. The van der Waals surface area contributed by atoms with Gasteiger partial charge in [-0.25, -0.2) is 4.98 Å². The molecule has 158 valence electrons. The normalized spacial score (nSPS) is 26.3. The molecule has 30 heavy (non-hydrogen) atoms. The molecule has 3 aromatic rings. The number of H-pyrrole nitrogens is 1. The maximum atomic E-state index is 12.2. The first-order valence-electron chi connectivity index (χ1n) is 8.88. The first-order valence-corrected chi connectivity index (χ1v) is 9.40. The summed E-state index contributed by atoms with van der Waals surface area (Å²) in [6.45, 7) is -0.469. The van der Waals surface area contributed by atoms with Crippen molar-refractivity contribution in [3.8, 4) is 0 Å². The van der Waals surface area contributed by atoms with E-state index in [1.54, 1.807) is 12.1 Å². The van der Waals surface area contributed by atoms with E-state index in [1.807, 2.05) is 0 Å². The second-order valence-electron chi connectivity index (χ2n) is 6.96. The number of nitro benzene ring substituents is 1. The summed E-state index contributed by atoms with van der Waals surface area (Å²) in [4.78, 5) is 33.2. The number of nitrogen functional groups attached to an aromatic ring is 1. The molecule has 0 saturated carbocycles. The van der Waals surface area contributed by atoms with Gasteiger partial charge in [-0.2, -0.15) is 17.6 Å². The van der Waals surface area contributed by atoms with Crippen LogP contribution in [0.15, 0.2) is 35.4 Å². The van der Waals surface area contributed by atoms with E-state index in [0.717, 1.165) is 0 Å². The minimum Gasteiger partial charge on any atom is -0.394 e. The molecule has 1 aromatic carbocycles. The predicted molar refractivity (Wildman–Crippen MR) is 108 cm³/mol. The van der Waals surface area contributed by atoms with Gasteiger partial charge in [-0.15, -0.1) is 0 Å². The Hall–Kier alpha value is -3.00. The summed E-state index contributed by atoms with van der Waals surface area (Å²) in [6, 6.07) is 5.79. The highest BCUT2D eigenvalue weighted by Crippen LogP contribution is 2.42. The van der Waals surface area contributed by atoms with Crippen LogP contribution in [0.3, 0.4) is 0 Å².